The number of fused-ring (bicyclic) bond motifs is 1. The lowest BCUT2D eigenvalue weighted by molar-refractivity contribution is -0.128. The minimum absolute atomic E-state index is 0.0993. The number of amides is 2. The van der Waals surface area contributed by atoms with Crippen molar-refractivity contribution >= 4 is 28.3 Å². The molecule has 1 aliphatic rings. The quantitative estimate of drug-likeness (QED) is 0.869. The van der Waals surface area contributed by atoms with Gasteiger partial charge in [0, 0.05) is 36.1 Å². The zero-order valence-corrected chi connectivity index (χ0v) is 12.1. The van der Waals surface area contributed by atoms with Gasteiger partial charge in [-0.3, -0.25) is 14.6 Å². The van der Waals surface area contributed by atoms with E-state index >= 15 is 0 Å². The van der Waals surface area contributed by atoms with Gasteiger partial charge in [0.05, 0.1) is 5.69 Å². The smallest absolute Gasteiger partial charge is 0.252 e. The predicted molar refractivity (Wildman–Crippen MR) is 80.9 cm³/mol. The highest BCUT2D eigenvalue weighted by Crippen LogP contribution is 2.29. The summed E-state index contributed by atoms with van der Waals surface area (Å²) in [6.45, 7) is 3.85. The van der Waals surface area contributed by atoms with Crippen LogP contribution in [0.15, 0.2) is 36.7 Å². The first-order chi connectivity index (χ1) is 9.99. The maximum atomic E-state index is 12.8. The van der Waals surface area contributed by atoms with Crippen LogP contribution in [-0.4, -0.2) is 28.9 Å². The molecular formula is C16H17N3O2. The maximum absolute atomic E-state index is 12.8. The fourth-order valence-electron chi connectivity index (χ4n) is 2.69. The van der Waals surface area contributed by atoms with Crippen LogP contribution in [0.4, 0.5) is 5.69 Å². The van der Waals surface area contributed by atoms with Crippen LogP contribution in [0.2, 0.25) is 0 Å². The van der Waals surface area contributed by atoms with Crippen LogP contribution >= 0.6 is 0 Å². The fourth-order valence-corrected chi connectivity index (χ4v) is 2.69. The molecule has 1 aromatic carbocycles. The highest BCUT2D eigenvalue weighted by molar-refractivity contribution is 6.08. The van der Waals surface area contributed by atoms with E-state index in [1.807, 2.05) is 24.3 Å². The molecule has 0 spiro atoms. The summed E-state index contributed by atoms with van der Waals surface area (Å²) in [6, 6.07) is 7.67. The number of aromatic nitrogens is 1. The van der Waals surface area contributed by atoms with Crippen LogP contribution < -0.4 is 10.2 Å². The molecule has 2 amide bonds. The molecule has 1 N–H and O–H groups in total. The molecule has 5 heteroatoms. The van der Waals surface area contributed by atoms with E-state index in [0.717, 1.165) is 16.5 Å². The van der Waals surface area contributed by atoms with E-state index in [9.17, 15) is 9.59 Å². The number of carbonyl (C=O) groups is 2. The molecule has 2 aromatic rings. The zero-order valence-electron chi connectivity index (χ0n) is 12.1. The number of rotatable bonds is 1. The van der Waals surface area contributed by atoms with Crippen LogP contribution in [0, 0.1) is 0 Å². The summed E-state index contributed by atoms with van der Waals surface area (Å²) in [6.07, 6.45) is 3.79. The maximum Gasteiger partial charge on any atom is 0.252 e. The van der Waals surface area contributed by atoms with Crippen molar-refractivity contribution in [2.75, 3.05) is 11.4 Å². The molecule has 0 atom stereocenters. The van der Waals surface area contributed by atoms with Crippen molar-refractivity contribution in [3.63, 3.8) is 0 Å². The van der Waals surface area contributed by atoms with Gasteiger partial charge in [0.1, 0.15) is 5.54 Å². The van der Waals surface area contributed by atoms with Crippen LogP contribution in [0.3, 0.4) is 0 Å². The summed E-state index contributed by atoms with van der Waals surface area (Å²) >= 11 is 0. The Kier molecular flexibility index (Phi) is 3.12. The summed E-state index contributed by atoms with van der Waals surface area (Å²) in [5.74, 6) is -0.199. The summed E-state index contributed by atoms with van der Waals surface area (Å²) in [4.78, 5) is 30.3. The Bertz CT molecular complexity index is 719. The van der Waals surface area contributed by atoms with E-state index in [2.05, 4.69) is 10.3 Å². The predicted octanol–water partition coefficient (Wildman–Crippen LogP) is 1.87. The van der Waals surface area contributed by atoms with Gasteiger partial charge < -0.3 is 10.2 Å². The van der Waals surface area contributed by atoms with E-state index in [4.69, 9.17) is 0 Å². The summed E-state index contributed by atoms with van der Waals surface area (Å²) < 4.78 is 0. The molecule has 108 valence electrons. The highest BCUT2D eigenvalue weighted by Gasteiger charge is 2.37. The summed E-state index contributed by atoms with van der Waals surface area (Å²) in [5.41, 5.74) is -0.0764. The van der Waals surface area contributed by atoms with Crippen LogP contribution in [-0.2, 0) is 9.59 Å². The van der Waals surface area contributed by atoms with Gasteiger partial charge in [-0.15, -0.1) is 0 Å². The van der Waals surface area contributed by atoms with Gasteiger partial charge in [0.2, 0.25) is 5.91 Å². The minimum Gasteiger partial charge on any atom is -0.342 e. The Morgan fingerprint density at radius 2 is 2.05 bits per heavy atom. The lowest BCUT2D eigenvalue weighted by atomic mass is 10.0. The van der Waals surface area contributed by atoms with Crippen LogP contribution in [0.5, 0.6) is 0 Å². The number of anilines is 1. The first kappa shape index (κ1) is 13.5. The molecule has 1 saturated heterocycles. The van der Waals surface area contributed by atoms with Crippen LogP contribution in [0.25, 0.3) is 10.8 Å². The fraction of sp³-hybridized carbons (Fsp3) is 0.312. The molecule has 3 rings (SSSR count). The number of carbonyl (C=O) groups excluding carboxylic acids is 2. The third-order valence-corrected chi connectivity index (χ3v) is 3.74. The third kappa shape index (κ3) is 2.35. The topological polar surface area (TPSA) is 62.3 Å². The number of nitrogens with zero attached hydrogens (tertiary/aromatic N) is 2. The zero-order chi connectivity index (χ0) is 15.0. The van der Waals surface area contributed by atoms with Crippen molar-refractivity contribution < 1.29 is 9.59 Å². The van der Waals surface area contributed by atoms with Crippen molar-refractivity contribution in [2.45, 2.75) is 25.8 Å². The average molecular weight is 283 g/mol. The average Bonchev–Trinajstić information content (AvgIpc) is 2.56. The summed E-state index contributed by atoms with van der Waals surface area (Å²) in [5, 5.41) is 4.71. The van der Waals surface area contributed by atoms with E-state index in [1.165, 1.54) is 0 Å². The second kappa shape index (κ2) is 4.84. The molecule has 2 heterocycles. The monoisotopic (exact) mass is 283 g/mol. The standard InChI is InChI=1S/C16H17N3O2/c1-16(2)15(21)19(9-7-14(20)18-16)13-5-3-4-11-10-17-8-6-12(11)13/h3-6,8,10H,7,9H2,1-2H3,(H,18,20). The first-order valence-corrected chi connectivity index (χ1v) is 6.95. The minimum atomic E-state index is -0.900. The molecule has 1 fully saturated rings. The Balaban J connectivity index is 2.13. The van der Waals surface area contributed by atoms with Gasteiger partial charge in [0.15, 0.2) is 0 Å². The normalized spacial score (nSPS) is 18.5. The lowest BCUT2D eigenvalue weighted by Crippen LogP contribution is -2.53. The molecule has 0 saturated carbocycles. The Morgan fingerprint density at radius 1 is 1.24 bits per heavy atom. The van der Waals surface area contributed by atoms with Crippen molar-refractivity contribution in [1.29, 1.82) is 0 Å². The number of hydrogen-bond acceptors (Lipinski definition) is 3. The molecule has 1 aliphatic heterocycles. The molecule has 0 unspecified atom stereocenters. The molecule has 1 aromatic heterocycles. The first-order valence-electron chi connectivity index (χ1n) is 6.95. The second-order valence-corrected chi connectivity index (χ2v) is 5.75. The van der Waals surface area contributed by atoms with Gasteiger partial charge in [-0.25, -0.2) is 0 Å². The molecule has 21 heavy (non-hydrogen) atoms. The van der Waals surface area contributed by atoms with Gasteiger partial charge in [-0.05, 0) is 26.0 Å². The SMILES string of the molecule is CC1(C)NC(=O)CCN(c2cccc3cnccc23)C1=O. The number of benzene rings is 1. The van der Waals surface area contributed by atoms with Crippen molar-refractivity contribution in [1.82, 2.24) is 10.3 Å². The van der Waals surface area contributed by atoms with Gasteiger partial charge >= 0.3 is 0 Å². The van der Waals surface area contributed by atoms with Crippen molar-refractivity contribution in [3.05, 3.63) is 36.7 Å². The van der Waals surface area contributed by atoms with E-state index < -0.39 is 5.54 Å². The van der Waals surface area contributed by atoms with Crippen LogP contribution in [0.1, 0.15) is 20.3 Å². The molecular weight excluding hydrogens is 266 g/mol. The Morgan fingerprint density at radius 3 is 2.86 bits per heavy atom. The van der Waals surface area contributed by atoms with Gasteiger partial charge in [0.25, 0.3) is 5.91 Å². The van der Waals surface area contributed by atoms with Gasteiger partial charge in [-0.1, -0.05) is 12.1 Å². The molecule has 0 bridgehead atoms. The molecule has 0 radical (unpaired) electrons. The van der Waals surface area contributed by atoms with Crippen molar-refractivity contribution in [2.24, 2.45) is 0 Å². The van der Waals surface area contributed by atoms with E-state index in [1.54, 1.807) is 31.1 Å². The van der Waals surface area contributed by atoms with Crippen molar-refractivity contribution in [3.8, 4) is 0 Å². The number of hydrogen-bond donors (Lipinski definition) is 1. The number of pyridine rings is 1. The molecule has 5 nitrogen and oxygen atoms in total. The Hall–Kier alpha value is -2.43. The van der Waals surface area contributed by atoms with Gasteiger partial charge in [-0.2, -0.15) is 0 Å². The number of nitrogens with one attached hydrogen (secondary N) is 1. The van der Waals surface area contributed by atoms with E-state index in [-0.39, 0.29) is 11.8 Å². The summed E-state index contributed by atoms with van der Waals surface area (Å²) in [7, 11) is 0. The third-order valence-electron chi connectivity index (χ3n) is 3.74. The lowest BCUT2D eigenvalue weighted by Gasteiger charge is -2.29. The Labute approximate surface area is 123 Å². The van der Waals surface area contributed by atoms with E-state index in [0.29, 0.717) is 13.0 Å². The largest absolute Gasteiger partial charge is 0.342 e. The highest BCUT2D eigenvalue weighted by atomic mass is 16.2. The second-order valence-electron chi connectivity index (χ2n) is 5.75. The molecule has 0 aliphatic carbocycles.